The lowest BCUT2D eigenvalue weighted by Crippen LogP contribution is -2.36. The minimum atomic E-state index is 0.0521. The molecular formula is C20H22N4O. The van der Waals surface area contributed by atoms with Crippen LogP contribution in [-0.2, 0) is 33.0 Å². The molecule has 1 aromatic heterocycles. The van der Waals surface area contributed by atoms with E-state index in [-0.39, 0.29) is 6.61 Å². The Morgan fingerprint density at radius 2 is 1.88 bits per heavy atom. The lowest BCUT2D eigenvalue weighted by Gasteiger charge is -2.31. The number of benzene rings is 2. The predicted molar refractivity (Wildman–Crippen MR) is 97.2 cm³/mol. The number of aryl methyl sites for hydroxylation is 1. The molecule has 1 aliphatic rings. The van der Waals surface area contributed by atoms with Crippen LogP contribution in [0.1, 0.15) is 22.5 Å². The van der Waals surface area contributed by atoms with E-state index >= 15 is 0 Å². The molecule has 0 atom stereocenters. The lowest BCUT2D eigenvalue weighted by molar-refractivity contribution is 0.282. The summed E-state index contributed by atoms with van der Waals surface area (Å²) in [5, 5.41) is 17.8. The number of aromatic nitrogens is 3. The highest BCUT2D eigenvalue weighted by Crippen LogP contribution is 2.30. The lowest BCUT2D eigenvalue weighted by atomic mass is 10.1. The Kier molecular flexibility index (Phi) is 4.24. The molecule has 0 radical (unpaired) electrons. The summed E-state index contributed by atoms with van der Waals surface area (Å²) < 4.78 is 1.96. The van der Waals surface area contributed by atoms with E-state index in [4.69, 9.17) is 0 Å². The van der Waals surface area contributed by atoms with Crippen molar-refractivity contribution in [3.63, 3.8) is 0 Å². The van der Waals surface area contributed by atoms with E-state index < -0.39 is 0 Å². The number of aliphatic hydroxyl groups excluding tert-OH is 1. The Morgan fingerprint density at radius 3 is 2.52 bits per heavy atom. The van der Waals surface area contributed by atoms with E-state index in [9.17, 15) is 5.11 Å². The van der Waals surface area contributed by atoms with E-state index in [0.29, 0.717) is 12.6 Å². The van der Waals surface area contributed by atoms with Gasteiger partial charge in [-0.3, -0.25) is 0 Å². The standard InChI is InChI=1S/C20H22N4O/c1-23-14-21-22-20(23)12-24(18-8-4-5-15(9-18)13-25)19-10-16-6-2-3-7-17(16)11-19/h2-9,14,19,25H,10-13H2,1H3. The van der Waals surface area contributed by atoms with Crippen LogP contribution in [0.3, 0.4) is 0 Å². The van der Waals surface area contributed by atoms with Crippen LogP contribution < -0.4 is 4.90 Å². The molecular weight excluding hydrogens is 312 g/mol. The smallest absolute Gasteiger partial charge is 0.152 e. The number of hydrogen-bond donors (Lipinski definition) is 1. The number of fused-ring (bicyclic) bond motifs is 1. The van der Waals surface area contributed by atoms with Crippen LogP contribution >= 0.6 is 0 Å². The van der Waals surface area contributed by atoms with Crippen LogP contribution in [0.25, 0.3) is 0 Å². The third kappa shape index (κ3) is 3.15. The molecule has 1 heterocycles. The van der Waals surface area contributed by atoms with Crippen LogP contribution in [0.4, 0.5) is 5.69 Å². The van der Waals surface area contributed by atoms with Gasteiger partial charge in [0.05, 0.1) is 13.2 Å². The molecule has 0 fully saturated rings. The third-order valence-corrected chi connectivity index (χ3v) is 5.01. The zero-order valence-corrected chi connectivity index (χ0v) is 14.3. The number of anilines is 1. The van der Waals surface area contributed by atoms with Gasteiger partial charge in [0.25, 0.3) is 0 Å². The van der Waals surface area contributed by atoms with Crippen molar-refractivity contribution in [2.24, 2.45) is 7.05 Å². The van der Waals surface area contributed by atoms with Crippen molar-refractivity contribution in [1.82, 2.24) is 14.8 Å². The Balaban J connectivity index is 1.68. The Morgan fingerprint density at radius 1 is 1.12 bits per heavy atom. The maximum Gasteiger partial charge on any atom is 0.152 e. The van der Waals surface area contributed by atoms with Crippen molar-refractivity contribution < 1.29 is 5.11 Å². The average Bonchev–Trinajstić information content (AvgIpc) is 3.25. The Labute approximate surface area is 147 Å². The van der Waals surface area contributed by atoms with Crippen LogP contribution in [-0.4, -0.2) is 25.9 Å². The van der Waals surface area contributed by atoms with Crippen LogP contribution in [0.15, 0.2) is 54.9 Å². The summed E-state index contributed by atoms with van der Waals surface area (Å²) in [6.45, 7) is 0.751. The third-order valence-electron chi connectivity index (χ3n) is 5.01. The van der Waals surface area contributed by atoms with Gasteiger partial charge >= 0.3 is 0 Å². The molecule has 5 heteroatoms. The van der Waals surface area contributed by atoms with E-state index in [1.54, 1.807) is 6.33 Å². The molecule has 25 heavy (non-hydrogen) atoms. The highest BCUT2D eigenvalue weighted by molar-refractivity contribution is 5.51. The van der Waals surface area contributed by atoms with Gasteiger partial charge in [-0.2, -0.15) is 0 Å². The molecule has 0 unspecified atom stereocenters. The fourth-order valence-electron chi connectivity index (χ4n) is 3.62. The molecule has 1 aliphatic carbocycles. The monoisotopic (exact) mass is 334 g/mol. The van der Waals surface area contributed by atoms with Crippen molar-refractivity contribution >= 4 is 5.69 Å². The molecule has 4 rings (SSSR count). The van der Waals surface area contributed by atoms with E-state index in [1.165, 1.54) is 11.1 Å². The molecule has 5 nitrogen and oxygen atoms in total. The molecule has 3 aromatic rings. The van der Waals surface area contributed by atoms with Gasteiger partial charge in [-0.05, 0) is 41.7 Å². The molecule has 0 spiro atoms. The van der Waals surface area contributed by atoms with E-state index in [1.807, 2.05) is 23.7 Å². The maximum atomic E-state index is 9.51. The molecule has 128 valence electrons. The van der Waals surface area contributed by atoms with Crippen molar-refractivity contribution in [1.29, 1.82) is 0 Å². The first-order chi connectivity index (χ1) is 12.2. The van der Waals surface area contributed by atoms with Crippen LogP contribution in [0.2, 0.25) is 0 Å². The zero-order valence-electron chi connectivity index (χ0n) is 14.3. The zero-order chi connectivity index (χ0) is 17.2. The molecule has 0 bridgehead atoms. The molecule has 0 aliphatic heterocycles. The summed E-state index contributed by atoms with van der Waals surface area (Å²) in [5.41, 5.74) is 4.89. The van der Waals surface area contributed by atoms with Gasteiger partial charge in [0, 0.05) is 18.8 Å². The Hall–Kier alpha value is -2.66. The largest absolute Gasteiger partial charge is 0.392 e. The summed E-state index contributed by atoms with van der Waals surface area (Å²) in [6, 6.07) is 17.2. The number of aliphatic hydroxyl groups is 1. The fraction of sp³-hybridized carbons (Fsp3) is 0.300. The second-order valence-corrected chi connectivity index (χ2v) is 6.64. The highest BCUT2D eigenvalue weighted by Gasteiger charge is 2.28. The van der Waals surface area contributed by atoms with Gasteiger partial charge in [-0.1, -0.05) is 36.4 Å². The summed E-state index contributed by atoms with van der Waals surface area (Å²) in [5.74, 6) is 0.936. The summed E-state index contributed by atoms with van der Waals surface area (Å²) in [6.07, 6.45) is 3.79. The van der Waals surface area contributed by atoms with Crippen LogP contribution in [0, 0.1) is 0 Å². The second kappa shape index (κ2) is 6.69. The Bertz CT molecular complexity index is 848. The summed E-state index contributed by atoms with van der Waals surface area (Å²) in [7, 11) is 1.97. The number of hydrogen-bond acceptors (Lipinski definition) is 4. The van der Waals surface area contributed by atoms with Crippen LogP contribution in [0.5, 0.6) is 0 Å². The molecule has 0 saturated heterocycles. The summed E-state index contributed by atoms with van der Waals surface area (Å²) >= 11 is 0. The van der Waals surface area contributed by atoms with Gasteiger partial charge in [0.1, 0.15) is 6.33 Å². The van der Waals surface area contributed by atoms with Crippen molar-refractivity contribution in [3.8, 4) is 0 Å². The maximum absolute atomic E-state index is 9.51. The average molecular weight is 334 g/mol. The van der Waals surface area contributed by atoms with Crippen molar-refractivity contribution in [2.45, 2.75) is 32.0 Å². The quantitative estimate of drug-likeness (QED) is 0.779. The number of nitrogens with zero attached hydrogens (tertiary/aromatic N) is 4. The first-order valence-corrected chi connectivity index (χ1v) is 8.60. The second-order valence-electron chi connectivity index (χ2n) is 6.64. The first-order valence-electron chi connectivity index (χ1n) is 8.60. The molecule has 2 aromatic carbocycles. The number of rotatable bonds is 5. The topological polar surface area (TPSA) is 54.2 Å². The van der Waals surface area contributed by atoms with Gasteiger partial charge in [-0.15, -0.1) is 10.2 Å². The molecule has 0 saturated carbocycles. The first kappa shape index (κ1) is 15.8. The SMILES string of the molecule is Cn1cnnc1CN(c1cccc(CO)c1)C1Cc2ccccc2C1. The van der Waals surface area contributed by atoms with Gasteiger partial charge in [-0.25, -0.2) is 0 Å². The molecule has 0 amide bonds. The van der Waals surface area contributed by atoms with E-state index in [0.717, 1.165) is 29.9 Å². The van der Waals surface area contributed by atoms with Gasteiger partial charge < -0.3 is 14.6 Å². The van der Waals surface area contributed by atoms with Gasteiger partial charge in [0.2, 0.25) is 0 Å². The van der Waals surface area contributed by atoms with E-state index in [2.05, 4.69) is 51.5 Å². The van der Waals surface area contributed by atoms with Crippen molar-refractivity contribution in [2.75, 3.05) is 4.90 Å². The minimum absolute atomic E-state index is 0.0521. The van der Waals surface area contributed by atoms with Gasteiger partial charge in [0.15, 0.2) is 5.82 Å². The minimum Gasteiger partial charge on any atom is -0.392 e. The molecule has 1 N–H and O–H groups in total. The normalized spacial score (nSPS) is 13.8. The van der Waals surface area contributed by atoms with Crippen molar-refractivity contribution in [3.05, 3.63) is 77.4 Å². The predicted octanol–water partition coefficient (Wildman–Crippen LogP) is 2.48. The fourth-order valence-corrected chi connectivity index (χ4v) is 3.62. The highest BCUT2D eigenvalue weighted by atomic mass is 16.3. The summed E-state index contributed by atoms with van der Waals surface area (Å²) in [4.78, 5) is 2.39.